The van der Waals surface area contributed by atoms with Crippen LogP contribution < -0.4 is 32.3 Å². The molecule has 13 N–H and O–H groups in total. The molecule has 9 atom stereocenters. The number of phenols is 1. The van der Waals surface area contributed by atoms with Gasteiger partial charge in [-0.1, -0.05) is 42.5 Å². The van der Waals surface area contributed by atoms with Crippen LogP contribution >= 0.6 is 11.8 Å². The average Bonchev–Trinajstić information content (AvgIpc) is 3.17. The summed E-state index contributed by atoms with van der Waals surface area (Å²) >= 11 is 1.40. The van der Waals surface area contributed by atoms with Gasteiger partial charge in [0.05, 0.1) is 19.2 Å². The van der Waals surface area contributed by atoms with Crippen molar-refractivity contribution in [3.63, 3.8) is 0 Å². The SMILES string of the molecule is CSCC[C@H](NC(=O)[C@H](Cc1ccccc1)NC(=O)CNC(=O)[C@H](CCC(=O)N[C@@H]1O[C@H](CO)[C@@H](O)[C@H](O)[C@H]1O)NC(=O)[C@@H](N)Cc1ccc(O)cc1)C(=O)O. The van der Waals surface area contributed by atoms with Crippen molar-refractivity contribution in [1.82, 2.24) is 26.6 Å². The molecule has 2 aromatic carbocycles. The molecule has 20 heteroatoms. The lowest BCUT2D eigenvalue weighted by Gasteiger charge is -2.40. The number of thioether (sulfide) groups is 1. The van der Waals surface area contributed by atoms with Gasteiger partial charge < -0.3 is 67.7 Å². The minimum absolute atomic E-state index is 0.00263. The number of carbonyl (C=O) groups excluding carboxylic acids is 5. The van der Waals surface area contributed by atoms with Crippen LogP contribution in [-0.2, 0) is 46.3 Å². The van der Waals surface area contributed by atoms with Gasteiger partial charge in [0, 0.05) is 12.8 Å². The Bertz CT molecular complexity index is 1620. The van der Waals surface area contributed by atoms with Gasteiger partial charge in [-0.15, -0.1) is 0 Å². The maximum atomic E-state index is 13.4. The van der Waals surface area contributed by atoms with Crippen molar-refractivity contribution < 1.29 is 64.1 Å². The fourth-order valence-corrected chi connectivity index (χ4v) is 6.09. The number of ether oxygens (including phenoxy) is 1. The molecule has 0 spiro atoms. The molecule has 1 saturated heterocycles. The van der Waals surface area contributed by atoms with E-state index in [1.165, 1.54) is 23.9 Å². The first-order valence-electron chi connectivity index (χ1n) is 17.7. The summed E-state index contributed by atoms with van der Waals surface area (Å²) in [5.74, 6) is -4.93. The van der Waals surface area contributed by atoms with Crippen molar-refractivity contribution in [2.75, 3.05) is 25.2 Å². The van der Waals surface area contributed by atoms with Gasteiger partial charge in [0.15, 0.2) is 6.23 Å². The van der Waals surface area contributed by atoms with Crippen molar-refractivity contribution in [2.24, 2.45) is 5.73 Å². The monoisotopic (exact) mass is 806 g/mol. The molecule has 0 unspecified atom stereocenters. The maximum Gasteiger partial charge on any atom is 0.326 e. The minimum Gasteiger partial charge on any atom is -0.508 e. The lowest BCUT2D eigenvalue weighted by molar-refractivity contribution is -0.236. The first-order chi connectivity index (χ1) is 26.6. The number of hydrogen-bond donors (Lipinski definition) is 12. The number of amides is 5. The number of rotatable bonds is 21. The molecule has 5 amide bonds. The number of aliphatic carboxylic acids is 1. The van der Waals surface area contributed by atoms with Gasteiger partial charge in [-0.2, -0.15) is 11.8 Å². The van der Waals surface area contributed by atoms with Crippen LogP contribution in [-0.4, -0.2) is 146 Å². The molecule has 308 valence electrons. The Morgan fingerprint density at radius 2 is 1.41 bits per heavy atom. The zero-order valence-corrected chi connectivity index (χ0v) is 31.4. The quantitative estimate of drug-likeness (QED) is 0.0586. The van der Waals surface area contributed by atoms with Crippen LogP contribution in [0.1, 0.15) is 30.4 Å². The van der Waals surface area contributed by atoms with Gasteiger partial charge in [0.1, 0.15) is 48.3 Å². The number of carboxylic acid groups (broad SMARTS) is 1. The second-order valence-electron chi connectivity index (χ2n) is 13.1. The van der Waals surface area contributed by atoms with Crippen molar-refractivity contribution >= 4 is 47.3 Å². The molecule has 3 rings (SSSR count). The number of aliphatic hydroxyl groups excluding tert-OH is 4. The number of benzene rings is 2. The number of hydrogen-bond acceptors (Lipinski definition) is 14. The molecule has 1 aliphatic rings. The van der Waals surface area contributed by atoms with E-state index in [9.17, 15) is 59.4 Å². The highest BCUT2D eigenvalue weighted by atomic mass is 32.2. The normalized spacial score (nSPS) is 21.4. The largest absolute Gasteiger partial charge is 0.508 e. The summed E-state index contributed by atoms with van der Waals surface area (Å²) in [7, 11) is 0. The number of nitrogens with two attached hydrogens (primary N) is 1. The summed E-state index contributed by atoms with van der Waals surface area (Å²) in [6, 6.07) is 9.42. The maximum absolute atomic E-state index is 13.4. The van der Waals surface area contributed by atoms with Crippen molar-refractivity contribution in [2.45, 2.75) is 86.9 Å². The Morgan fingerprint density at radius 1 is 0.768 bits per heavy atom. The van der Waals surface area contributed by atoms with E-state index >= 15 is 0 Å². The number of phenolic OH excluding ortho intramolecular Hbond substituents is 1. The van der Waals surface area contributed by atoms with Crippen LogP contribution in [0.4, 0.5) is 0 Å². The topological polar surface area (TPSA) is 319 Å². The first-order valence-corrected chi connectivity index (χ1v) is 19.1. The van der Waals surface area contributed by atoms with Gasteiger partial charge in [0.25, 0.3) is 0 Å². The summed E-state index contributed by atoms with van der Waals surface area (Å²) in [6.07, 6.45) is -6.97. The molecule has 0 bridgehead atoms. The Hall–Kier alpha value is -4.83. The van der Waals surface area contributed by atoms with E-state index in [1.807, 2.05) is 0 Å². The molecule has 1 fully saturated rings. The predicted molar refractivity (Wildman–Crippen MR) is 201 cm³/mol. The van der Waals surface area contributed by atoms with Gasteiger partial charge >= 0.3 is 5.97 Å². The molecule has 1 heterocycles. The third kappa shape index (κ3) is 14.3. The van der Waals surface area contributed by atoms with E-state index in [0.29, 0.717) is 16.9 Å². The van der Waals surface area contributed by atoms with E-state index in [-0.39, 0.29) is 31.4 Å². The lowest BCUT2D eigenvalue weighted by Crippen LogP contribution is -2.63. The fourth-order valence-electron chi connectivity index (χ4n) is 5.61. The molecule has 0 aromatic heterocycles. The second-order valence-corrected chi connectivity index (χ2v) is 14.1. The summed E-state index contributed by atoms with van der Waals surface area (Å²) in [5.41, 5.74) is 7.34. The van der Waals surface area contributed by atoms with Gasteiger partial charge in [-0.05, 0) is 54.5 Å². The van der Waals surface area contributed by atoms with E-state index in [2.05, 4.69) is 26.6 Å². The standard InChI is InChI=1S/C36H50N6O13S/c1-56-14-13-24(36(53)54)41-34(52)25(16-19-5-3-2-4-6-19)39-28(46)17-38-33(51)23(40-32(50)22(37)15-20-7-9-21(44)10-8-20)11-12-27(45)42-35-31(49)30(48)29(47)26(18-43)55-35/h2-10,22-26,29-31,35,43-44,47-49H,11-18,37H2,1H3,(H,38,51)(H,39,46)(H,40,50)(H,41,52)(H,42,45)(H,53,54)/t22-,23-,24-,25-,26+,29+,30-,31+,35+/m0/s1. The highest BCUT2D eigenvalue weighted by molar-refractivity contribution is 7.98. The second kappa shape index (κ2) is 22.7. The van der Waals surface area contributed by atoms with Crippen molar-refractivity contribution in [3.05, 3.63) is 65.7 Å². The van der Waals surface area contributed by atoms with E-state index in [1.54, 1.807) is 48.7 Å². The number of carbonyl (C=O) groups is 6. The van der Waals surface area contributed by atoms with E-state index < -0.39 is 110 Å². The number of aliphatic hydroxyl groups is 4. The Balaban J connectivity index is 1.71. The smallest absolute Gasteiger partial charge is 0.326 e. The molecule has 0 aliphatic carbocycles. The molecule has 56 heavy (non-hydrogen) atoms. The van der Waals surface area contributed by atoms with Gasteiger partial charge in [0.2, 0.25) is 29.5 Å². The van der Waals surface area contributed by atoms with Gasteiger partial charge in [-0.3, -0.25) is 24.0 Å². The number of aromatic hydroxyl groups is 1. The Labute approximate surface area is 326 Å². The minimum atomic E-state index is -1.77. The molecule has 0 saturated carbocycles. The molecule has 2 aromatic rings. The van der Waals surface area contributed by atoms with E-state index in [0.717, 1.165) is 0 Å². The lowest BCUT2D eigenvalue weighted by atomic mass is 9.98. The van der Waals surface area contributed by atoms with Crippen LogP contribution in [0.25, 0.3) is 0 Å². The third-order valence-corrected chi connectivity index (χ3v) is 9.44. The van der Waals surface area contributed by atoms with Crippen LogP contribution in [0.3, 0.4) is 0 Å². The molecule has 0 radical (unpaired) electrons. The van der Waals surface area contributed by atoms with Gasteiger partial charge in [-0.25, -0.2) is 4.79 Å². The van der Waals surface area contributed by atoms with Crippen LogP contribution in [0, 0.1) is 0 Å². The Morgan fingerprint density at radius 3 is 2.04 bits per heavy atom. The van der Waals surface area contributed by atoms with E-state index in [4.69, 9.17) is 10.5 Å². The molecule has 1 aliphatic heterocycles. The summed E-state index contributed by atoms with van der Waals surface area (Å²) in [6.45, 7) is -1.43. The zero-order valence-electron chi connectivity index (χ0n) is 30.6. The number of nitrogens with one attached hydrogen (secondary N) is 5. The van der Waals surface area contributed by atoms with Crippen LogP contribution in [0.15, 0.2) is 54.6 Å². The summed E-state index contributed by atoms with van der Waals surface area (Å²) < 4.78 is 5.29. The summed E-state index contributed by atoms with van der Waals surface area (Å²) in [5, 5.41) is 71.1. The van der Waals surface area contributed by atoms with Crippen molar-refractivity contribution in [1.29, 1.82) is 0 Å². The first kappa shape index (κ1) is 45.6. The molecular weight excluding hydrogens is 756 g/mol. The zero-order chi connectivity index (χ0) is 41.4. The van der Waals surface area contributed by atoms with Crippen LogP contribution in [0.2, 0.25) is 0 Å². The average molecular weight is 807 g/mol. The Kier molecular flexibility index (Phi) is 18.4. The summed E-state index contributed by atoms with van der Waals surface area (Å²) in [4.78, 5) is 77.7. The fraction of sp³-hybridized carbons (Fsp3) is 0.500. The highest BCUT2D eigenvalue weighted by Crippen LogP contribution is 2.20. The molecular formula is C36H50N6O13S. The molecule has 19 nitrogen and oxygen atoms in total. The third-order valence-electron chi connectivity index (χ3n) is 8.80. The number of carboxylic acids is 1. The highest BCUT2D eigenvalue weighted by Gasteiger charge is 2.44. The van der Waals surface area contributed by atoms with Crippen molar-refractivity contribution in [3.8, 4) is 5.75 Å². The predicted octanol–water partition coefficient (Wildman–Crippen LogP) is -3.39. The van der Waals surface area contributed by atoms with Crippen LogP contribution in [0.5, 0.6) is 5.75 Å².